The third-order valence-electron chi connectivity index (χ3n) is 3.08. The van der Waals surface area contributed by atoms with Crippen LogP contribution in [0.15, 0.2) is 65.6 Å². The summed E-state index contributed by atoms with van der Waals surface area (Å²) in [6, 6.07) is 18.8. The van der Waals surface area contributed by atoms with E-state index >= 15 is 0 Å². The summed E-state index contributed by atoms with van der Waals surface area (Å²) in [5.74, 6) is -0.595. The Balaban J connectivity index is 2.14. The van der Waals surface area contributed by atoms with Gasteiger partial charge in [0.1, 0.15) is 11.4 Å². The molecule has 0 unspecified atom stereocenters. The Kier molecular flexibility index (Phi) is 6.23. The minimum Gasteiger partial charge on any atom is -0.461 e. The average Bonchev–Trinajstić information content (AvgIpc) is 2.53. The first kappa shape index (κ1) is 17.1. The topological polar surface area (TPSA) is 55.4 Å². The van der Waals surface area contributed by atoms with Crippen LogP contribution in [0.25, 0.3) is 0 Å². The highest BCUT2D eigenvalue weighted by molar-refractivity contribution is 8.00. The molecule has 1 N–H and O–H groups in total. The minimum atomic E-state index is -0.540. The fraction of sp³-hybridized carbons (Fsp3) is 0.222. The first-order valence-electron chi connectivity index (χ1n) is 7.31. The van der Waals surface area contributed by atoms with Crippen molar-refractivity contribution in [3.63, 3.8) is 0 Å². The fourth-order valence-electron chi connectivity index (χ4n) is 2.07. The number of carbonyl (C=O) groups is 2. The molecule has 4 nitrogen and oxygen atoms in total. The molecule has 0 saturated carbocycles. The quantitative estimate of drug-likeness (QED) is 0.648. The number of hydrogen-bond acceptors (Lipinski definition) is 4. The zero-order valence-electron chi connectivity index (χ0n) is 13.1. The number of carbonyl (C=O) groups excluding carboxylic acids is 2. The summed E-state index contributed by atoms with van der Waals surface area (Å²) in [5.41, 5.74) is 0.714. The van der Waals surface area contributed by atoms with Gasteiger partial charge in [-0.2, -0.15) is 0 Å². The lowest BCUT2D eigenvalue weighted by Crippen LogP contribution is -2.36. The van der Waals surface area contributed by atoms with Crippen LogP contribution in [0.2, 0.25) is 0 Å². The molecule has 2 rings (SSSR count). The number of ether oxygens (including phenoxy) is 1. The monoisotopic (exact) mass is 329 g/mol. The molecular formula is C18H19NO3S. The Hall–Kier alpha value is -2.27. The van der Waals surface area contributed by atoms with Crippen LogP contribution in [0.4, 0.5) is 5.69 Å². The van der Waals surface area contributed by atoms with Gasteiger partial charge in [0.2, 0.25) is 5.91 Å². The van der Waals surface area contributed by atoms with E-state index in [0.717, 1.165) is 4.90 Å². The van der Waals surface area contributed by atoms with Gasteiger partial charge in [0.05, 0.1) is 0 Å². The summed E-state index contributed by atoms with van der Waals surface area (Å²) in [6.45, 7) is 3.07. The van der Waals surface area contributed by atoms with Crippen LogP contribution < -0.4 is 5.32 Å². The van der Waals surface area contributed by atoms with E-state index in [2.05, 4.69) is 5.32 Å². The number of amides is 1. The molecule has 0 fully saturated rings. The van der Waals surface area contributed by atoms with Crippen molar-refractivity contribution in [2.75, 3.05) is 5.32 Å². The van der Waals surface area contributed by atoms with Gasteiger partial charge in [-0.1, -0.05) is 36.4 Å². The molecule has 2 aromatic rings. The molecule has 0 spiro atoms. The average molecular weight is 329 g/mol. The van der Waals surface area contributed by atoms with Crippen LogP contribution in [-0.2, 0) is 14.3 Å². The predicted molar refractivity (Wildman–Crippen MR) is 92.4 cm³/mol. The number of rotatable bonds is 6. The zero-order chi connectivity index (χ0) is 16.7. The largest absolute Gasteiger partial charge is 0.461 e. The third-order valence-corrected chi connectivity index (χ3v) is 4.48. The molecule has 23 heavy (non-hydrogen) atoms. The van der Waals surface area contributed by atoms with Crippen molar-refractivity contribution in [2.45, 2.75) is 30.1 Å². The molecule has 120 valence electrons. The maximum atomic E-state index is 12.6. The second kappa shape index (κ2) is 8.39. The van der Waals surface area contributed by atoms with E-state index in [4.69, 9.17) is 4.74 Å². The third kappa shape index (κ3) is 5.45. The van der Waals surface area contributed by atoms with Gasteiger partial charge >= 0.3 is 5.97 Å². The van der Waals surface area contributed by atoms with E-state index in [0.29, 0.717) is 5.69 Å². The first-order valence-corrected chi connectivity index (χ1v) is 8.19. The standard InChI is InChI=1S/C18H19NO3S/c1-13(22-14(2)20)17(23-16-11-7-4-8-12-16)18(21)19-15-9-5-3-6-10-15/h3-13,17H,1-2H3,(H,19,21)/t13-,17+/m1/s1. The van der Waals surface area contributed by atoms with Crippen LogP contribution in [0.5, 0.6) is 0 Å². The molecule has 2 aromatic carbocycles. The van der Waals surface area contributed by atoms with Gasteiger partial charge in [0.25, 0.3) is 0 Å². The number of para-hydroxylation sites is 1. The van der Waals surface area contributed by atoms with Gasteiger partial charge in [-0.3, -0.25) is 9.59 Å². The molecule has 0 aliphatic rings. The number of anilines is 1. The molecule has 5 heteroatoms. The summed E-state index contributed by atoms with van der Waals surface area (Å²) >= 11 is 1.38. The summed E-state index contributed by atoms with van der Waals surface area (Å²) in [4.78, 5) is 24.8. The molecule has 0 bridgehead atoms. The number of esters is 1. The lowest BCUT2D eigenvalue weighted by Gasteiger charge is -2.22. The summed E-state index contributed by atoms with van der Waals surface area (Å²) in [7, 11) is 0. The molecule has 0 aliphatic carbocycles. The molecule has 0 heterocycles. The molecule has 1 amide bonds. The SMILES string of the molecule is CC(=O)O[C@H](C)[C@H](Sc1ccccc1)C(=O)Nc1ccccc1. The van der Waals surface area contributed by atoms with E-state index in [-0.39, 0.29) is 5.91 Å². The van der Waals surface area contributed by atoms with Gasteiger partial charge < -0.3 is 10.1 Å². The second-order valence-electron chi connectivity index (χ2n) is 5.02. The van der Waals surface area contributed by atoms with Crippen LogP contribution in [0.1, 0.15) is 13.8 Å². The highest BCUT2D eigenvalue weighted by Gasteiger charge is 2.28. The van der Waals surface area contributed by atoms with Crippen molar-refractivity contribution in [1.29, 1.82) is 0 Å². The van der Waals surface area contributed by atoms with E-state index in [1.54, 1.807) is 6.92 Å². The van der Waals surface area contributed by atoms with Crippen LogP contribution in [0, 0.1) is 0 Å². The number of hydrogen-bond donors (Lipinski definition) is 1. The van der Waals surface area contributed by atoms with Crippen molar-refractivity contribution in [1.82, 2.24) is 0 Å². The van der Waals surface area contributed by atoms with Crippen LogP contribution >= 0.6 is 11.8 Å². The first-order chi connectivity index (χ1) is 11.1. The molecule has 0 aromatic heterocycles. The van der Waals surface area contributed by atoms with Crippen LogP contribution in [0.3, 0.4) is 0 Å². The second-order valence-corrected chi connectivity index (χ2v) is 6.24. The van der Waals surface area contributed by atoms with Crippen molar-refractivity contribution in [2.24, 2.45) is 0 Å². The lowest BCUT2D eigenvalue weighted by molar-refractivity contribution is -0.146. The highest BCUT2D eigenvalue weighted by atomic mass is 32.2. The Morgan fingerprint density at radius 2 is 1.57 bits per heavy atom. The van der Waals surface area contributed by atoms with Crippen LogP contribution in [-0.4, -0.2) is 23.2 Å². The summed E-state index contributed by atoms with van der Waals surface area (Å²) in [5, 5.41) is 2.33. The molecule has 0 radical (unpaired) electrons. The maximum absolute atomic E-state index is 12.6. The Bertz CT molecular complexity index is 646. The Morgan fingerprint density at radius 3 is 2.13 bits per heavy atom. The number of benzene rings is 2. The summed E-state index contributed by atoms with van der Waals surface area (Å²) in [6.07, 6.45) is -0.540. The maximum Gasteiger partial charge on any atom is 0.302 e. The van der Waals surface area contributed by atoms with Crippen molar-refractivity contribution >= 4 is 29.3 Å². The fourth-order valence-corrected chi connectivity index (χ4v) is 3.09. The molecule has 2 atom stereocenters. The van der Waals surface area contributed by atoms with Gasteiger partial charge in [-0.25, -0.2) is 0 Å². The van der Waals surface area contributed by atoms with Gasteiger partial charge in [-0.05, 0) is 31.2 Å². The smallest absolute Gasteiger partial charge is 0.302 e. The van der Waals surface area contributed by atoms with Gasteiger partial charge in [0, 0.05) is 17.5 Å². The number of thioether (sulfide) groups is 1. The Labute approximate surface area is 140 Å². The van der Waals surface area contributed by atoms with Crippen molar-refractivity contribution < 1.29 is 14.3 Å². The van der Waals surface area contributed by atoms with E-state index in [1.807, 2.05) is 60.7 Å². The van der Waals surface area contributed by atoms with Gasteiger partial charge in [-0.15, -0.1) is 11.8 Å². The lowest BCUT2D eigenvalue weighted by atomic mass is 10.2. The van der Waals surface area contributed by atoms with Crippen molar-refractivity contribution in [3.05, 3.63) is 60.7 Å². The van der Waals surface area contributed by atoms with Crippen molar-refractivity contribution in [3.8, 4) is 0 Å². The van der Waals surface area contributed by atoms with E-state index in [9.17, 15) is 9.59 Å². The predicted octanol–water partition coefficient (Wildman–Crippen LogP) is 3.74. The molecule has 0 aliphatic heterocycles. The molecular weight excluding hydrogens is 310 g/mol. The number of nitrogens with one attached hydrogen (secondary N) is 1. The van der Waals surface area contributed by atoms with E-state index in [1.165, 1.54) is 18.7 Å². The molecule has 0 saturated heterocycles. The Morgan fingerprint density at radius 1 is 1.00 bits per heavy atom. The normalized spacial score (nSPS) is 13.0. The highest BCUT2D eigenvalue weighted by Crippen LogP contribution is 2.27. The summed E-state index contributed by atoms with van der Waals surface area (Å²) < 4.78 is 5.22. The van der Waals surface area contributed by atoms with Gasteiger partial charge in [0.15, 0.2) is 0 Å². The van der Waals surface area contributed by atoms with E-state index < -0.39 is 17.3 Å². The zero-order valence-corrected chi connectivity index (χ0v) is 13.9. The minimum absolute atomic E-state index is 0.196.